The van der Waals surface area contributed by atoms with Crippen LogP contribution in [0.5, 0.6) is 5.75 Å². The number of ether oxygens (including phenoxy) is 2. The molecule has 1 atom stereocenters. The van der Waals surface area contributed by atoms with E-state index in [1.807, 2.05) is 19.1 Å². The summed E-state index contributed by atoms with van der Waals surface area (Å²) in [5, 5.41) is 10.1. The lowest BCUT2D eigenvalue weighted by atomic mass is 10.1. The summed E-state index contributed by atoms with van der Waals surface area (Å²) in [6.45, 7) is 5.21. The molecule has 1 saturated heterocycles. The van der Waals surface area contributed by atoms with Gasteiger partial charge in [-0.2, -0.15) is 0 Å². The third-order valence-corrected chi connectivity index (χ3v) is 3.09. The fourth-order valence-electron chi connectivity index (χ4n) is 2.22. The predicted octanol–water partition coefficient (Wildman–Crippen LogP) is 1.28. The zero-order valence-corrected chi connectivity index (χ0v) is 11.1. The molecule has 0 radical (unpaired) electrons. The molecule has 4 nitrogen and oxygen atoms in total. The van der Waals surface area contributed by atoms with Crippen molar-refractivity contribution in [2.45, 2.75) is 19.1 Å². The summed E-state index contributed by atoms with van der Waals surface area (Å²) in [4.78, 5) is 2.22. The largest absolute Gasteiger partial charge is 0.497 e. The number of benzene rings is 1. The highest BCUT2D eigenvalue weighted by atomic mass is 16.5. The van der Waals surface area contributed by atoms with Crippen LogP contribution in [0.3, 0.4) is 0 Å². The highest BCUT2D eigenvalue weighted by molar-refractivity contribution is 5.27. The smallest absolute Gasteiger partial charge is 0.118 e. The first-order valence-electron chi connectivity index (χ1n) is 6.24. The van der Waals surface area contributed by atoms with Crippen LogP contribution in [-0.2, 0) is 11.3 Å². The molecule has 0 unspecified atom stereocenters. The quantitative estimate of drug-likeness (QED) is 0.878. The van der Waals surface area contributed by atoms with E-state index in [-0.39, 0.29) is 0 Å². The summed E-state index contributed by atoms with van der Waals surface area (Å²) in [5.41, 5.74) is 0.455. The van der Waals surface area contributed by atoms with E-state index in [0.29, 0.717) is 19.8 Å². The Bertz CT molecular complexity index is 375. The van der Waals surface area contributed by atoms with Gasteiger partial charge in [0.05, 0.1) is 25.9 Å². The van der Waals surface area contributed by atoms with Gasteiger partial charge in [0.25, 0.3) is 0 Å². The van der Waals surface area contributed by atoms with E-state index in [2.05, 4.69) is 17.0 Å². The van der Waals surface area contributed by atoms with Crippen LogP contribution in [0.2, 0.25) is 0 Å². The second-order valence-electron chi connectivity index (χ2n) is 5.11. The minimum absolute atomic E-state index is 0.409. The Hall–Kier alpha value is -1.10. The minimum atomic E-state index is -0.761. The van der Waals surface area contributed by atoms with Gasteiger partial charge < -0.3 is 14.6 Å². The van der Waals surface area contributed by atoms with Gasteiger partial charge >= 0.3 is 0 Å². The van der Waals surface area contributed by atoms with Gasteiger partial charge in [0, 0.05) is 19.6 Å². The van der Waals surface area contributed by atoms with E-state index in [1.165, 1.54) is 5.56 Å². The van der Waals surface area contributed by atoms with Crippen molar-refractivity contribution in [1.29, 1.82) is 0 Å². The number of nitrogens with zero attached hydrogens (tertiary/aromatic N) is 1. The molecule has 100 valence electrons. The number of rotatable bonds is 3. The molecule has 1 N–H and O–H groups in total. The number of aliphatic hydroxyl groups is 1. The Morgan fingerprint density at radius 1 is 1.39 bits per heavy atom. The van der Waals surface area contributed by atoms with Gasteiger partial charge in [-0.3, -0.25) is 4.90 Å². The zero-order valence-electron chi connectivity index (χ0n) is 11.1. The summed E-state index contributed by atoms with van der Waals surface area (Å²) in [6.07, 6.45) is 0. The Kier molecular flexibility index (Phi) is 4.22. The molecule has 4 heteroatoms. The van der Waals surface area contributed by atoms with Crippen LogP contribution in [0.25, 0.3) is 0 Å². The van der Waals surface area contributed by atoms with Gasteiger partial charge in [-0.05, 0) is 24.6 Å². The SMILES string of the molecule is COc1ccc(CN2CCOC[C@@](C)(O)C2)cc1. The van der Waals surface area contributed by atoms with Crippen molar-refractivity contribution in [3.05, 3.63) is 29.8 Å². The fourth-order valence-corrected chi connectivity index (χ4v) is 2.22. The van der Waals surface area contributed by atoms with Crippen LogP contribution >= 0.6 is 0 Å². The van der Waals surface area contributed by atoms with Crippen molar-refractivity contribution >= 4 is 0 Å². The van der Waals surface area contributed by atoms with E-state index < -0.39 is 5.60 Å². The number of methoxy groups -OCH3 is 1. The molecule has 1 aliphatic rings. The second kappa shape index (κ2) is 5.69. The molecule has 1 heterocycles. The molecule has 2 rings (SSSR count). The molecular formula is C14H21NO3. The molecule has 1 aliphatic heterocycles. The molecule has 0 aliphatic carbocycles. The van der Waals surface area contributed by atoms with Crippen LogP contribution in [0.15, 0.2) is 24.3 Å². The second-order valence-corrected chi connectivity index (χ2v) is 5.11. The lowest BCUT2D eigenvalue weighted by molar-refractivity contribution is -0.0225. The highest BCUT2D eigenvalue weighted by Gasteiger charge is 2.27. The van der Waals surface area contributed by atoms with Crippen molar-refractivity contribution in [1.82, 2.24) is 4.90 Å². The van der Waals surface area contributed by atoms with Gasteiger partial charge in [0.15, 0.2) is 0 Å². The summed E-state index contributed by atoms with van der Waals surface area (Å²) >= 11 is 0. The van der Waals surface area contributed by atoms with Gasteiger partial charge in [0.1, 0.15) is 5.75 Å². The van der Waals surface area contributed by atoms with Gasteiger partial charge in [0.2, 0.25) is 0 Å². The maximum absolute atomic E-state index is 10.1. The summed E-state index contributed by atoms with van der Waals surface area (Å²) in [6, 6.07) is 8.03. The Balaban J connectivity index is 1.98. The predicted molar refractivity (Wildman–Crippen MR) is 69.7 cm³/mol. The van der Waals surface area contributed by atoms with Crippen molar-refractivity contribution in [2.24, 2.45) is 0 Å². The molecule has 0 saturated carbocycles. The van der Waals surface area contributed by atoms with Gasteiger partial charge in [-0.1, -0.05) is 12.1 Å². The normalized spacial score (nSPS) is 25.7. The van der Waals surface area contributed by atoms with Gasteiger partial charge in [-0.15, -0.1) is 0 Å². The first-order valence-corrected chi connectivity index (χ1v) is 6.24. The van der Waals surface area contributed by atoms with E-state index >= 15 is 0 Å². The summed E-state index contributed by atoms with van der Waals surface area (Å²) in [7, 11) is 1.67. The average molecular weight is 251 g/mol. The standard InChI is InChI=1S/C14H21NO3/c1-14(16)10-15(7-8-18-11-14)9-12-3-5-13(17-2)6-4-12/h3-6,16H,7-11H2,1-2H3/t14-/m0/s1. The number of hydrogen-bond donors (Lipinski definition) is 1. The first-order chi connectivity index (χ1) is 8.59. The lowest BCUT2D eigenvalue weighted by Crippen LogP contribution is -2.41. The van der Waals surface area contributed by atoms with Crippen LogP contribution in [-0.4, -0.2) is 49.0 Å². The molecule has 18 heavy (non-hydrogen) atoms. The van der Waals surface area contributed by atoms with E-state index in [0.717, 1.165) is 18.8 Å². The summed E-state index contributed by atoms with van der Waals surface area (Å²) < 4.78 is 10.5. The van der Waals surface area contributed by atoms with Crippen molar-refractivity contribution in [3.8, 4) is 5.75 Å². The number of hydrogen-bond acceptors (Lipinski definition) is 4. The fraction of sp³-hybridized carbons (Fsp3) is 0.571. The maximum Gasteiger partial charge on any atom is 0.118 e. The van der Waals surface area contributed by atoms with Crippen LogP contribution < -0.4 is 4.74 Å². The topological polar surface area (TPSA) is 41.9 Å². The zero-order chi connectivity index (χ0) is 13.0. The summed E-state index contributed by atoms with van der Waals surface area (Å²) in [5.74, 6) is 0.866. The van der Waals surface area contributed by atoms with Gasteiger partial charge in [-0.25, -0.2) is 0 Å². The van der Waals surface area contributed by atoms with Crippen molar-refractivity contribution in [3.63, 3.8) is 0 Å². The molecule has 1 aromatic rings. The molecule has 1 fully saturated rings. The Morgan fingerprint density at radius 2 is 2.11 bits per heavy atom. The lowest BCUT2D eigenvalue weighted by Gasteiger charge is -2.27. The monoisotopic (exact) mass is 251 g/mol. The molecule has 1 aromatic carbocycles. The molecular weight excluding hydrogens is 230 g/mol. The van der Waals surface area contributed by atoms with E-state index in [1.54, 1.807) is 7.11 Å². The Morgan fingerprint density at radius 3 is 2.78 bits per heavy atom. The van der Waals surface area contributed by atoms with Crippen molar-refractivity contribution in [2.75, 3.05) is 33.4 Å². The molecule has 0 amide bonds. The van der Waals surface area contributed by atoms with E-state index in [9.17, 15) is 5.11 Å². The number of β-amino-alcohol motifs (C(OH)–C–C–N with tert-alkyl or cyclic N) is 1. The Labute approximate surface area is 108 Å². The minimum Gasteiger partial charge on any atom is -0.497 e. The molecule has 0 aromatic heterocycles. The first kappa shape index (κ1) is 13.3. The third-order valence-electron chi connectivity index (χ3n) is 3.09. The highest BCUT2D eigenvalue weighted by Crippen LogP contribution is 2.16. The van der Waals surface area contributed by atoms with E-state index in [4.69, 9.17) is 9.47 Å². The molecule has 0 spiro atoms. The molecule has 0 bridgehead atoms. The average Bonchev–Trinajstić information content (AvgIpc) is 2.51. The van der Waals surface area contributed by atoms with Crippen LogP contribution in [0.4, 0.5) is 0 Å². The van der Waals surface area contributed by atoms with Crippen LogP contribution in [0.1, 0.15) is 12.5 Å². The van der Waals surface area contributed by atoms with Crippen LogP contribution in [0, 0.1) is 0 Å². The van der Waals surface area contributed by atoms with Crippen molar-refractivity contribution < 1.29 is 14.6 Å². The maximum atomic E-state index is 10.1. The third kappa shape index (κ3) is 3.70.